The average Bonchev–Trinajstić information content (AvgIpc) is 2.60. The smallest absolute Gasteiger partial charge is 0.241 e. The molecule has 154 valence electrons. The summed E-state index contributed by atoms with van der Waals surface area (Å²) in [5, 5.41) is 0. The lowest BCUT2D eigenvalue weighted by molar-refractivity contribution is -0.113. The summed E-state index contributed by atoms with van der Waals surface area (Å²) in [6, 6.07) is 13.4. The molecule has 0 radical (unpaired) electrons. The van der Waals surface area contributed by atoms with E-state index in [1.807, 2.05) is 24.3 Å². The topological polar surface area (TPSA) is 89.3 Å². The molecule has 0 unspecified atom stereocenters. The van der Waals surface area contributed by atoms with Crippen LogP contribution in [0.1, 0.15) is 43.0 Å². The van der Waals surface area contributed by atoms with Crippen molar-refractivity contribution in [2.75, 3.05) is 11.0 Å². The molecule has 0 fully saturated rings. The summed E-state index contributed by atoms with van der Waals surface area (Å²) in [7, 11) is -3.39. The van der Waals surface area contributed by atoms with Crippen LogP contribution in [0.2, 0.25) is 0 Å². The van der Waals surface area contributed by atoms with Crippen LogP contribution in [0, 0.1) is 0 Å². The SMILES string of the molecule is C=Cc1cc(CC(=CC(N)=O)c2ccc(C(C)(C)C)cc2)ccc1NS(C)(=O)=O. The third-order valence-electron chi connectivity index (χ3n) is 4.46. The second-order valence-corrected chi connectivity index (χ2v) is 9.82. The molecule has 29 heavy (non-hydrogen) atoms. The van der Waals surface area contributed by atoms with Crippen LogP contribution in [0.5, 0.6) is 0 Å². The van der Waals surface area contributed by atoms with Gasteiger partial charge in [0.2, 0.25) is 15.9 Å². The van der Waals surface area contributed by atoms with Crippen LogP contribution in [0.4, 0.5) is 5.69 Å². The number of hydrogen-bond donors (Lipinski definition) is 2. The quantitative estimate of drug-likeness (QED) is 0.671. The van der Waals surface area contributed by atoms with Crippen LogP contribution in [0.15, 0.2) is 55.1 Å². The highest BCUT2D eigenvalue weighted by Crippen LogP contribution is 2.27. The molecule has 0 aliphatic rings. The zero-order chi connectivity index (χ0) is 21.8. The summed E-state index contributed by atoms with van der Waals surface area (Å²) >= 11 is 0. The largest absolute Gasteiger partial charge is 0.366 e. The normalized spacial score (nSPS) is 12.5. The molecule has 6 heteroatoms. The third-order valence-corrected chi connectivity index (χ3v) is 5.05. The fraction of sp³-hybridized carbons (Fsp3) is 0.261. The number of rotatable bonds is 7. The number of carbonyl (C=O) groups is 1. The van der Waals surface area contributed by atoms with E-state index in [4.69, 9.17) is 5.73 Å². The molecule has 0 aliphatic heterocycles. The van der Waals surface area contributed by atoms with Gasteiger partial charge in [0.15, 0.2) is 0 Å². The molecule has 0 aliphatic carbocycles. The number of allylic oxidation sites excluding steroid dienone is 1. The van der Waals surface area contributed by atoms with Crippen molar-refractivity contribution >= 4 is 33.3 Å². The van der Waals surface area contributed by atoms with Gasteiger partial charge in [0.05, 0.1) is 11.9 Å². The average molecular weight is 413 g/mol. The number of nitrogens with two attached hydrogens (primary N) is 1. The first-order valence-electron chi connectivity index (χ1n) is 9.23. The number of carbonyl (C=O) groups excluding carboxylic acids is 1. The van der Waals surface area contributed by atoms with Crippen molar-refractivity contribution in [1.82, 2.24) is 0 Å². The molecule has 0 bridgehead atoms. The molecular weight excluding hydrogens is 384 g/mol. The first kappa shape index (κ1) is 22.4. The van der Waals surface area contributed by atoms with Gasteiger partial charge in [0.1, 0.15) is 0 Å². The molecule has 0 aromatic heterocycles. The Bertz CT molecular complexity index is 1040. The molecule has 0 atom stereocenters. The Morgan fingerprint density at radius 3 is 2.24 bits per heavy atom. The van der Waals surface area contributed by atoms with E-state index in [1.165, 1.54) is 11.6 Å². The standard InChI is InChI=1S/C23H28N2O3S/c1-6-17-13-16(7-12-21(17)25-29(5,27)28)14-19(15-22(24)26)18-8-10-20(11-9-18)23(2,3)4/h6-13,15,25H,1,14H2,2-5H3,(H2,24,26). The van der Waals surface area contributed by atoms with Gasteiger partial charge in [0, 0.05) is 6.08 Å². The van der Waals surface area contributed by atoms with Gasteiger partial charge in [-0.2, -0.15) is 0 Å². The predicted molar refractivity (Wildman–Crippen MR) is 121 cm³/mol. The maximum absolute atomic E-state index is 11.6. The predicted octanol–water partition coefficient (Wildman–Crippen LogP) is 4.11. The minimum atomic E-state index is -3.39. The summed E-state index contributed by atoms with van der Waals surface area (Å²) in [6.45, 7) is 10.2. The van der Waals surface area contributed by atoms with Gasteiger partial charge in [-0.1, -0.05) is 63.8 Å². The maximum atomic E-state index is 11.6. The van der Waals surface area contributed by atoms with Gasteiger partial charge in [-0.05, 0) is 51.8 Å². The van der Waals surface area contributed by atoms with Gasteiger partial charge in [-0.3, -0.25) is 9.52 Å². The zero-order valence-electron chi connectivity index (χ0n) is 17.3. The van der Waals surface area contributed by atoms with Crippen molar-refractivity contribution < 1.29 is 13.2 Å². The first-order valence-corrected chi connectivity index (χ1v) is 11.1. The van der Waals surface area contributed by atoms with Gasteiger partial charge in [-0.25, -0.2) is 8.42 Å². The number of sulfonamides is 1. The molecule has 3 N–H and O–H groups in total. The summed E-state index contributed by atoms with van der Waals surface area (Å²) in [6.07, 6.45) is 4.59. The second-order valence-electron chi connectivity index (χ2n) is 8.08. The maximum Gasteiger partial charge on any atom is 0.241 e. The monoisotopic (exact) mass is 412 g/mol. The Hall–Kier alpha value is -2.86. The number of hydrogen-bond acceptors (Lipinski definition) is 3. The summed E-state index contributed by atoms with van der Waals surface area (Å²) in [5.41, 5.74) is 10.4. The molecule has 1 amide bonds. The van der Waals surface area contributed by atoms with E-state index >= 15 is 0 Å². The highest BCUT2D eigenvalue weighted by molar-refractivity contribution is 7.92. The molecule has 0 saturated heterocycles. The Kier molecular flexibility index (Phi) is 6.69. The van der Waals surface area contributed by atoms with Crippen molar-refractivity contribution in [2.24, 2.45) is 5.73 Å². The molecule has 2 aromatic carbocycles. The number of benzene rings is 2. The first-order chi connectivity index (χ1) is 13.4. The van der Waals surface area contributed by atoms with E-state index in [9.17, 15) is 13.2 Å². The van der Waals surface area contributed by atoms with Gasteiger partial charge in [-0.15, -0.1) is 0 Å². The van der Waals surface area contributed by atoms with Crippen LogP contribution in [0.25, 0.3) is 11.6 Å². The van der Waals surface area contributed by atoms with E-state index in [0.717, 1.165) is 23.0 Å². The van der Waals surface area contributed by atoms with Crippen molar-refractivity contribution in [1.29, 1.82) is 0 Å². The Morgan fingerprint density at radius 2 is 1.76 bits per heavy atom. The zero-order valence-corrected chi connectivity index (χ0v) is 18.1. The number of nitrogens with one attached hydrogen (secondary N) is 1. The molecule has 2 rings (SSSR count). The van der Waals surface area contributed by atoms with E-state index in [1.54, 1.807) is 12.1 Å². The molecule has 0 heterocycles. The number of anilines is 1. The minimum Gasteiger partial charge on any atom is -0.366 e. The molecule has 0 saturated carbocycles. The second kappa shape index (κ2) is 8.66. The van der Waals surface area contributed by atoms with Crippen LogP contribution >= 0.6 is 0 Å². The summed E-state index contributed by atoms with van der Waals surface area (Å²) in [4.78, 5) is 11.6. The van der Waals surface area contributed by atoms with Gasteiger partial charge < -0.3 is 5.73 Å². The number of primary amides is 1. The molecule has 2 aromatic rings. The number of amides is 1. The molecular formula is C23H28N2O3S. The van der Waals surface area contributed by atoms with Crippen LogP contribution in [-0.4, -0.2) is 20.6 Å². The van der Waals surface area contributed by atoms with Crippen LogP contribution in [0.3, 0.4) is 0 Å². The van der Waals surface area contributed by atoms with Gasteiger partial charge >= 0.3 is 0 Å². The summed E-state index contributed by atoms with van der Waals surface area (Å²) < 4.78 is 25.5. The van der Waals surface area contributed by atoms with Crippen molar-refractivity contribution in [2.45, 2.75) is 32.6 Å². The lowest BCUT2D eigenvalue weighted by Gasteiger charge is -2.19. The van der Waals surface area contributed by atoms with Crippen molar-refractivity contribution in [3.63, 3.8) is 0 Å². The molecule has 0 spiro atoms. The van der Waals surface area contributed by atoms with E-state index < -0.39 is 15.9 Å². The Morgan fingerprint density at radius 1 is 1.14 bits per heavy atom. The fourth-order valence-electron chi connectivity index (χ4n) is 3.00. The van der Waals surface area contributed by atoms with E-state index in [2.05, 4.69) is 44.2 Å². The summed E-state index contributed by atoms with van der Waals surface area (Å²) in [5.74, 6) is -0.515. The van der Waals surface area contributed by atoms with E-state index in [0.29, 0.717) is 17.7 Å². The van der Waals surface area contributed by atoms with Crippen LogP contribution in [-0.2, 0) is 26.7 Å². The van der Waals surface area contributed by atoms with Crippen molar-refractivity contribution in [3.8, 4) is 0 Å². The fourth-order valence-corrected chi connectivity index (χ4v) is 3.58. The van der Waals surface area contributed by atoms with Crippen LogP contribution < -0.4 is 10.5 Å². The van der Waals surface area contributed by atoms with E-state index in [-0.39, 0.29) is 5.41 Å². The molecule has 5 nitrogen and oxygen atoms in total. The lowest BCUT2D eigenvalue weighted by atomic mass is 9.85. The third kappa shape index (κ3) is 6.61. The highest BCUT2D eigenvalue weighted by Gasteiger charge is 2.14. The Balaban J connectivity index is 2.39. The highest BCUT2D eigenvalue weighted by atomic mass is 32.2. The Labute approximate surface area is 173 Å². The van der Waals surface area contributed by atoms with Gasteiger partial charge in [0.25, 0.3) is 0 Å². The minimum absolute atomic E-state index is 0.0351. The lowest BCUT2D eigenvalue weighted by Crippen LogP contribution is -2.11. The van der Waals surface area contributed by atoms with Crippen molar-refractivity contribution in [3.05, 3.63) is 77.4 Å².